The molecule has 1 aromatic rings. The predicted octanol–water partition coefficient (Wildman–Crippen LogP) is 2.63. The fraction of sp³-hybridized carbons (Fsp3) is 0.467. The van der Waals surface area contributed by atoms with Crippen LogP contribution in [0.25, 0.3) is 0 Å². The monoisotopic (exact) mass is 277 g/mol. The highest BCUT2D eigenvalue weighted by Gasteiger charge is 2.01. The lowest BCUT2D eigenvalue weighted by Crippen LogP contribution is -2.29. The van der Waals surface area contributed by atoms with Crippen molar-refractivity contribution in [2.24, 2.45) is 0 Å². The second-order valence-electron chi connectivity index (χ2n) is 4.69. The first-order valence-corrected chi connectivity index (χ1v) is 7.00. The average Bonchev–Trinajstić information content (AvgIpc) is 2.43. The molecule has 1 aromatic carbocycles. The maximum atomic E-state index is 11.6. The Morgan fingerprint density at radius 3 is 2.35 bits per heavy atom. The standard InChI is InChI=1S/C15H23N3O2/c1-3-4-5-10-16-15(20)18-14-8-6-13(7-9-14)11-17-12(2)19/h6-9H,3-5,10-11H2,1-2H3,(H,17,19)(H2,16,18,20). The van der Waals surface area contributed by atoms with E-state index in [-0.39, 0.29) is 11.9 Å². The third kappa shape index (κ3) is 6.78. The van der Waals surface area contributed by atoms with Gasteiger partial charge >= 0.3 is 6.03 Å². The Morgan fingerprint density at radius 2 is 1.75 bits per heavy atom. The molecule has 0 bridgehead atoms. The zero-order chi connectivity index (χ0) is 14.8. The summed E-state index contributed by atoms with van der Waals surface area (Å²) in [5, 5.41) is 8.31. The molecule has 0 heterocycles. The maximum Gasteiger partial charge on any atom is 0.319 e. The molecule has 5 nitrogen and oxygen atoms in total. The van der Waals surface area contributed by atoms with Crippen molar-refractivity contribution in [1.82, 2.24) is 10.6 Å². The molecule has 0 saturated carbocycles. The Bertz CT molecular complexity index is 429. The summed E-state index contributed by atoms with van der Waals surface area (Å²) in [5.74, 6) is -0.0568. The normalized spacial score (nSPS) is 9.90. The number of carbonyl (C=O) groups is 2. The second-order valence-corrected chi connectivity index (χ2v) is 4.69. The van der Waals surface area contributed by atoms with E-state index in [1.165, 1.54) is 6.92 Å². The van der Waals surface area contributed by atoms with Crippen molar-refractivity contribution >= 4 is 17.6 Å². The Kier molecular flexibility index (Phi) is 7.17. The summed E-state index contributed by atoms with van der Waals surface area (Å²) in [6.07, 6.45) is 3.26. The quantitative estimate of drug-likeness (QED) is 0.670. The highest BCUT2D eigenvalue weighted by atomic mass is 16.2. The van der Waals surface area contributed by atoms with Crippen LogP contribution < -0.4 is 16.0 Å². The van der Waals surface area contributed by atoms with Crippen LogP contribution in [-0.4, -0.2) is 18.5 Å². The molecule has 5 heteroatoms. The average molecular weight is 277 g/mol. The highest BCUT2D eigenvalue weighted by Crippen LogP contribution is 2.09. The number of carbonyl (C=O) groups excluding carboxylic acids is 2. The van der Waals surface area contributed by atoms with Crippen LogP contribution in [0.2, 0.25) is 0 Å². The van der Waals surface area contributed by atoms with Crippen LogP contribution in [0.3, 0.4) is 0 Å². The lowest BCUT2D eigenvalue weighted by atomic mass is 10.2. The molecule has 0 atom stereocenters. The van der Waals surface area contributed by atoms with Gasteiger partial charge in [-0.3, -0.25) is 4.79 Å². The van der Waals surface area contributed by atoms with Gasteiger partial charge in [-0.2, -0.15) is 0 Å². The third-order valence-electron chi connectivity index (χ3n) is 2.82. The Balaban J connectivity index is 2.33. The predicted molar refractivity (Wildman–Crippen MR) is 80.5 cm³/mol. The zero-order valence-electron chi connectivity index (χ0n) is 12.2. The highest BCUT2D eigenvalue weighted by molar-refractivity contribution is 5.89. The molecule has 0 saturated heterocycles. The summed E-state index contributed by atoms with van der Waals surface area (Å²) in [5.41, 5.74) is 1.73. The number of nitrogens with one attached hydrogen (secondary N) is 3. The van der Waals surface area contributed by atoms with Crippen LogP contribution >= 0.6 is 0 Å². The first kappa shape index (κ1) is 16.0. The minimum absolute atomic E-state index is 0.0568. The van der Waals surface area contributed by atoms with Crippen molar-refractivity contribution in [3.05, 3.63) is 29.8 Å². The second kappa shape index (κ2) is 8.96. The van der Waals surface area contributed by atoms with Gasteiger partial charge in [0.05, 0.1) is 0 Å². The fourth-order valence-electron chi connectivity index (χ4n) is 1.68. The van der Waals surface area contributed by atoms with Crippen molar-refractivity contribution in [3.8, 4) is 0 Å². The van der Waals surface area contributed by atoms with Crippen LogP contribution in [0.5, 0.6) is 0 Å². The molecule has 3 N–H and O–H groups in total. The number of rotatable bonds is 7. The summed E-state index contributed by atoms with van der Waals surface area (Å²) in [6, 6.07) is 7.22. The first-order chi connectivity index (χ1) is 9.61. The Morgan fingerprint density at radius 1 is 1.05 bits per heavy atom. The number of urea groups is 1. The third-order valence-corrected chi connectivity index (χ3v) is 2.82. The summed E-state index contributed by atoms with van der Waals surface area (Å²) >= 11 is 0. The fourth-order valence-corrected chi connectivity index (χ4v) is 1.68. The van der Waals surface area contributed by atoms with E-state index < -0.39 is 0 Å². The van der Waals surface area contributed by atoms with Crippen LogP contribution in [0.4, 0.5) is 10.5 Å². The van der Waals surface area contributed by atoms with Crippen LogP contribution in [-0.2, 0) is 11.3 Å². The van der Waals surface area contributed by atoms with Crippen LogP contribution in [0.15, 0.2) is 24.3 Å². The Labute approximate surface area is 120 Å². The SMILES string of the molecule is CCCCCNC(=O)Nc1ccc(CNC(C)=O)cc1. The van der Waals surface area contributed by atoms with Gasteiger partial charge in [0.15, 0.2) is 0 Å². The van der Waals surface area contributed by atoms with Gasteiger partial charge < -0.3 is 16.0 Å². The molecule has 110 valence electrons. The molecule has 0 aromatic heterocycles. The summed E-state index contributed by atoms with van der Waals surface area (Å²) in [6.45, 7) is 4.81. The van der Waals surface area contributed by atoms with Crippen molar-refractivity contribution in [1.29, 1.82) is 0 Å². The molecule has 0 radical (unpaired) electrons. The molecule has 0 aliphatic carbocycles. The molecule has 1 rings (SSSR count). The molecule has 0 unspecified atom stereocenters. The molecular weight excluding hydrogens is 254 g/mol. The van der Waals surface area contributed by atoms with Gasteiger partial charge in [0.25, 0.3) is 0 Å². The number of amides is 3. The molecule has 0 aliphatic rings. The van der Waals surface area contributed by atoms with Gasteiger partial charge in [-0.15, -0.1) is 0 Å². The summed E-state index contributed by atoms with van der Waals surface area (Å²) in [4.78, 5) is 22.4. The van der Waals surface area contributed by atoms with Gasteiger partial charge in [0, 0.05) is 25.7 Å². The topological polar surface area (TPSA) is 70.2 Å². The maximum absolute atomic E-state index is 11.6. The van der Waals surface area contributed by atoms with E-state index in [1.54, 1.807) is 0 Å². The van der Waals surface area contributed by atoms with Crippen molar-refractivity contribution in [3.63, 3.8) is 0 Å². The van der Waals surface area contributed by atoms with Gasteiger partial charge in [-0.1, -0.05) is 31.9 Å². The van der Waals surface area contributed by atoms with Crippen LogP contribution in [0, 0.1) is 0 Å². The largest absolute Gasteiger partial charge is 0.352 e. The number of anilines is 1. The van der Waals surface area contributed by atoms with E-state index in [9.17, 15) is 9.59 Å². The van der Waals surface area contributed by atoms with E-state index in [0.717, 1.165) is 30.5 Å². The number of unbranched alkanes of at least 4 members (excludes halogenated alkanes) is 2. The van der Waals surface area contributed by atoms with Crippen LogP contribution in [0.1, 0.15) is 38.7 Å². The Hall–Kier alpha value is -2.04. The lowest BCUT2D eigenvalue weighted by Gasteiger charge is -2.08. The zero-order valence-corrected chi connectivity index (χ0v) is 12.2. The first-order valence-electron chi connectivity index (χ1n) is 7.00. The number of hydrogen-bond donors (Lipinski definition) is 3. The van der Waals surface area contributed by atoms with Gasteiger partial charge in [-0.25, -0.2) is 4.79 Å². The minimum Gasteiger partial charge on any atom is -0.352 e. The summed E-state index contributed by atoms with van der Waals surface area (Å²) < 4.78 is 0. The molecule has 3 amide bonds. The molecule has 0 spiro atoms. The molecule has 0 fully saturated rings. The van der Waals surface area contributed by atoms with E-state index in [0.29, 0.717) is 13.1 Å². The molecular formula is C15H23N3O2. The van der Waals surface area contributed by atoms with Gasteiger partial charge in [-0.05, 0) is 24.1 Å². The van der Waals surface area contributed by atoms with Gasteiger partial charge in [0.1, 0.15) is 0 Å². The van der Waals surface area contributed by atoms with E-state index in [2.05, 4.69) is 22.9 Å². The minimum atomic E-state index is -0.185. The van der Waals surface area contributed by atoms with Crippen molar-refractivity contribution in [2.75, 3.05) is 11.9 Å². The lowest BCUT2D eigenvalue weighted by molar-refractivity contribution is -0.119. The van der Waals surface area contributed by atoms with E-state index in [4.69, 9.17) is 0 Å². The van der Waals surface area contributed by atoms with Gasteiger partial charge in [0.2, 0.25) is 5.91 Å². The number of hydrogen-bond acceptors (Lipinski definition) is 2. The summed E-state index contributed by atoms with van der Waals surface area (Å²) in [7, 11) is 0. The van der Waals surface area contributed by atoms with Crippen molar-refractivity contribution < 1.29 is 9.59 Å². The molecule has 20 heavy (non-hydrogen) atoms. The smallest absolute Gasteiger partial charge is 0.319 e. The van der Waals surface area contributed by atoms with E-state index in [1.807, 2.05) is 24.3 Å². The van der Waals surface area contributed by atoms with E-state index >= 15 is 0 Å². The molecule has 0 aliphatic heterocycles. The van der Waals surface area contributed by atoms with Crippen molar-refractivity contribution in [2.45, 2.75) is 39.7 Å². The number of benzene rings is 1.